The Balaban J connectivity index is 1.33. The SMILES string of the molecule is Cc1cc(C)c(S(=O)(=O)N[C@@H](CNC(=O)CO[C@@H]2C[C@@H](CCc3ccccn3)N(C(=O)NCc3ccccc3F)C2)C(=O)O)c(C)c1. The number of amides is 3. The smallest absolute Gasteiger partial charge is 0.323 e. The number of carbonyl (C=O) groups is 3. The van der Waals surface area contributed by atoms with Crippen LogP contribution in [0.2, 0.25) is 0 Å². The van der Waals surface area contributed by atoms with E-state index in [1.165, 1.54) is 6.07 Å². The van der Waals surface area contributed by atoms with Crippen LogP contribution in [0.4, 0.5) is 9.18 Å². The second-order valence-electron chi connectivity index (χ2n) is 11.6. The predicted octanol–water partition coefficient (Wildman–Crippen LogP) is 3.00. The second kappa shape index (κ2) is 15.9. The number of carboxylic acids is 1. The van der Waals surface area contributed by atoms with Gasteiger partial charge in [0.25, 0.3) is 0 Å². The molecule has 0 unspecified atom stereocenters. The van der Waals surface area contributed by atoms with Gasteiger partial charge in [-0.2, -0.15) is 4.72 Å². The van der Waals surface area contributed by atoms with Gasteiger partial charge in [-0.15, -0.1) is 0 Å². The quantitative estimate of drug-likeness (QED) is 0.203. The molecule has 47 heavy (non-hydrogen) atoms. The summed E-state index contributed by atoms with van der Waals surface area (Å²) in [5, 5.41) is 14.9. The number of hydrogen-bond donors (Lipinski definition) is 4. The van der Waals surface area contributed by atoms with Crippen LogP contribution in [0.5, 0.6) is 0 Å². The Morgan fingerprint density at radius 2 is 1.77 bits per heavy atom. The number of pyridine rings is 1. The zero-order chi connectivity index (χ0) is 34.1. The van der Waals surface area contributed by atoms with Crippen molar-refractivity contribution < 1.29 is 37.0 Å². The molecule has 1 fully saturated rings. The largest absolute Gasteiger partial charge is 0.480 e. The summed E-state index contributed by atoms with van der Waals surface area (Å²) in [5.41, 5.74) is 3.02. The molecule has 2 aromatic carbocycles. The number of nitrogens with zero attached hydrogens (tertiary/aromatic N) is 2. The monoisotopic (exact) mass is 669 g/mol. The summed E-state index contributed by atoms with van der Waals surface area (Å²) >= 11 is 0. The van der Waals surface area contributed by atoms with E-state index in [1.54, 1.807) is 55.3 Å². The molecule has 2 heterocycles. The van der Waals surface area contributed by atoms with Crippen molar-refractivity contribution in [2.45, 2.75) is 69.7 Å². The first-order chi connectivity index (χ1) is 22.3. The molecule has 4 rings (SSSR count). The Morgan fingerprint density at radius 3 is 2.43 bits per heavy atom. The molecule has 252 valence electrons. The summed E-state index contributed by atoms with van der Waals surface area (Å²) in [6.07, 6.45) is 2.80. The fourth-order valence-corrected chi connectivity index (χ4v) is 7.41. The van der Waals surface area contributed by atoms with Crippen LogP contribution in [0.1, 0.15) is 40.8 Å². The minimum Gasteiger partial charge on any atom is -0.480 e. The van der Waals surface area contributed by atoms with Gasteiger partial charge in [0, 0.05) is 43.1 Å². The number of aliphatic carboxylic acids is 1. The van der Waals surface area contributed by atoms with E-state index in [0.29, 0.717) is 36.0 Å². The molecule has 0 bridgehead atoms. The van der Waals surface area contributed by atoms with Gasteiger partial charge in [0.2, 0.25) is 15.9 Å². The minimum atomic E-state index is -4.21. The summed E-state index contributed by atoms with van der Waals surface area (Å²) < 4.78 is 48.3. The number of carbonyl (C=O) groups excluding carboxylic acids is 2. The first-order valence-corrected chi connectivity index (χ1v) is 16.7. The highest BCUT2D eigenvalue weighted by molar-refractivity contribution is 7.89. The van der Waals surface area contributed by atoms with E-state index < -0.39 is 59.0 Å². The number of halogens is 1. The topological polar surface area (TPSA) is 167 Å². The fourth-order valence-electron chi connectivity index (χ4n) is 5.77. The number of aromatic nitrogens is 1. The summed E-state index contributed by atoms with van der Waals surface area (Å²) in [5.74, 6) is -2.53. The number of urea groups is 1. The lowest BCUT2D eigenvalue weighted by molar-refractivity contribution is -0.139. The summed E-state index contributed by atoms with van der Waals surface area (Å²) in [6, 6.07) is 12.9. The van der Waals surface area contributed by atoms with E-state index >= 15 is 0 Å². The van der Waals surface area contributed by atoms with Gasteiger partial charge in [0.05, 0.1) is 11.0 Å². The molecule has 4 N–H and O–H groups in total. The molecule has 14 heteroatoms. The van der Waals surface area contributed by atoms with Gasteiger partial charge in [-0.05, 0) is 69.4 Å². The highest BCUT2D eigenvalue weighted by Gasteiger charge is 2.36. The maximum atomic E-state index is 14.1. The van der Waals surface area contributed by atoms with Crippen LogP contribution >= 0.6 is 0 Å². The number of rotatable bonds is 14. The summed E-state index contributed by atoms with van der Waals surface area (Å²) in [7, 11) is -4.21. The minimum absolute atomic E-state index is 0.000444. The van der Waals surface area contributed by atoms with E-state index in [9.17, 15) is 32.3 Å². The number of hydrogen-bond acceptors (Lipinski definition) is 7. The van der Waals surface area contributed by atoms with Gasteiger partial charge >= 0.3 is 12.0 Å². The van der Waals surface area contributed by atoms with Crippen molar-refractivity contribution in [2.24, 2.45) is 0 Å². The number of likely N-dealkylation sites (tertiary alicyclic amines) is 1. The molecule has 3 aromatic rings. The van der Waals surface area contributed by atoms with Crippen LogP contribution < -0.4 is 15.4 Å². The van der Waals surface area contributed by atoms with Crippen LogP contribution in [0.25, 0.3) is 0 Å². The predicted molar refractivity (Wildman–Crippen MR) is 171 cm³/mol. The van der Waals surface area contributed by atoms with Crippen molar-refractivity contribution in [3.63, 3.8) is 0 Å². The Kier molecular flexibility index (Phi) is 12.0. The van der Waals surface area contributed by atoms with Gasteiger partial charge in [0.1, 0.15) is 18.5 Å². The van der Waals surface area contributed by atoms with Crippen molar-refractivity contribution in [3.05, 3.63) is 94.6 Å². The van der Waals surface area contributed by atoms with E-state index in [2.05, 4.69) is 20.3 Å². The molecule has 3 atom stereocenters. The first-order valence-electron chi connectivity index (χ1n) is 15.2. The Labute approximate surface area is 273 Å². The number of carboxylic acid groups (broad SMARTS) is 1. The number of ether oxygens (including phenoxy) is 1. The van der Waals surface area contributed by atoms with Crippen molar-refractivity contribution in [3.8, 4) is 0 Å². The molecule has 12 nitrogen and oxygen atoms in total. The number of benzene rings is 2. The lowest BCUT2D eigenvalue weighted by Gasteiger charge is -2.24. The van der Waals surface area contributed by atoms with Crippen molar-refractivity contribution in [1.29, 1.82) is 0 Å². The third kappa shape index (κ3) is 9.80. The van der Waals surface area contributed by atoms with Gasteiger partial charge in [-0.1, -0.05) is 42.0 Å². The van der Waals surface area contributed by atoms with Crippen LogP contribution in [-0.2, 0) is 37.3 Å². The normalized spacial score (nSPS) is 16.9. The van der Waals surface area contributed by atoms with Crippen LogP contribution in [0.3, 0.4) is 0 Å². The van der Waals surface area contributed by atoms with E-state index in [1.807, 2.05) is 25.1 Å². The maximum Gasteiger partial charge on any atom is 0.323 e. The Morgan fingerprint density at radius 1 is 1.06 bits per heavy atom. The standard InChI is InChI=1S/C33H40FN5O7S/c1-21-14-22(2)31(23(3)15-21)47(44,45)38-29(32(41)42)18-36-30(40)20-46-27-16-26(12-11-25-9-6-7-13-35-25)39(19-27)33(43)37-17-24-8-4-5-10-28(24)34/h4-10,13-15,26-27,29,38H,11-12,16-20H2,1-3H3,(H,36,40)(H,37,43)(H,41,42)/t26-,27-,29+/m1/s1. The lowest BCUT2D eigenvalue weighted by Crippen LogP contribution is -2.49. The Hall–Kier alpha value is -4.40. The van der Waals surface area contributed by atoms with E-state index in [0.717, 1.165) is 11.3 Å². The molecule has 0 spiro atoms. The number of sulfonamides is 1. The average molecular weight is 670 g/mol. The number of nitrogens with one attached hydrogen (secondary N) is 3. The first kappa shape index (κ1) is 35.5. The maximum absolute atomic E-state index is 14.1. The third-order valence-electron chi connectivity index (χ3n) is 7.91. The van der Waals surface area contributed by atoms with Crippen molar-refractivity contribution in [2.75, 3.05) is 19.7 Å². The second-order valence-corrected chi connectivity index (χ2v) is 13.3. The van der Waals surface area contributed by atoms with E-state index in [4.69, 9.17) is 4.74 Å². The molecule has 1 saturated heterocycles. The van der Waals surface area contributed by atoms with Crippen LogP contribution in [-0.4, -0.2) is 79.2 Å². The zero-order valence-electron chi connectivity index (χ0n) is 26.5. The van der Waals surface area contributed by atoms with Gasteiger partial charge < -0.3 is 25.4 Å². The summed E-state index contributed by atoms with van der Waals surface area (Å²) in [4.78, 5) is 43.7. The zero-order valence-corrected chi connectivity index (χ0v) is 27.3. The summed E-state index contributed by atoms with van der Waals surface area (Å²) in [6.45, 7) is 4.32. The average Bonchev–Trinajstić information content (AvgIpc) is 3.43. The Bertz CT molecular complexity index is 1670. The fraction of sp³-hybridized carbons (Fsp3) is 0.394. The van der Waals surface area contributed by atoms with Crippen molar-refractivity contribution in [1.82, 2.24) is 25.2 Å². The molecule has 1 aliphatic heterocycles. The van der Waals surface area contributed by atoms with E-state index in [-0.39, 0.29) is 24.0 Å². The molecular weight excluding hydrogens is 629 g/mol. The van der Waals surface area contributed by atoms with Crippen LogP contribution in [0.15, 0.2) is 65.7 Å². The molecule has 1 aromatic heterocycles. The van der Waals surface area contributed by atoms with Gasteiger partial charge in [0.15, 0.2) is 0 Å². The van der Waals surface area contributed by atoms with Gasteiger partial charge in [-0.3, -0.25) is 14.6 Å². The molecule has 3 amide bonds. The highest BCUT2D eigenvalue weighted by Crippen LogP contribution is 2.25. The lowest BCUT2D eigenvalue weighted by atomic mass is 10.1. The number of aryl methyl sites for hydroxylation is 4. The van der Waals surface area contributed by atoms with Gasteiger partial charge in [-0.25, -0.2) is 17.6 Å². The molecule has 0 radical (unpaired) electrons. The molecule has 1 aliphatic rings. The molecule has 0 saturated carbocycles. The molecular formula is C33H40FN5O7S. The van der Waals surface area contributed by atoms with Crippen LogP contribution in [0, 0.1) is 26.6 Å². The van der Waals surface area contributed by atoms with Crippen molar-refractivity contribution >= 4 is 27.9 Å². The molecule has 0 aliphatic carbocycles. The highest BCUT2D eigenvalue weighted by atomic mass is 32.2. The third-order valence-corrected chi connectivity index (χ3v) is 9.68.